The molecule has 2 aliphatic carbocycles. The molecule has 7 aromatic rings. The van der Waals surface area contributed by atoms with E-state index in [2.05, 4.69) is 226 Å². The molecule has 408 valence electrons. The quantitative estimate of drug-likeness (QED) is 0.156. The fourth-order valence-corrected chi connectivity index (χ4v) is 11.3. The maximum absolute atomic E-state index is 4.64. The molecular formula is C71H100Cl2N2. The lowest BCUT2D eigenvalue weighted by Gasteiger charge is -2.32. The summed E-state index contributed by atoms with van der Waals surface area (Å²) in [6, 6.07) is 46.2. The van der Waals surface area contributed by atoms with E-state index in [0.717, 1.165) is 38.5 Å². The van der Waals surface area contributed by atoms with Gasteiger partial charge < -0.3 is 9.13 Å². The van der Waals surface area contributed by atoms with Gasteiger partial charge in [0.2, 0.25) is 0 Å². The molecule has 9 rings (SSSR count). The van der Waals surface area contributed by atoms with Gasteiger partial charge in [-0.2, -0.15) is 0 Å². The van der Waals surface area contributed by atoms with Crippen molar-refractivity contribution in [2.45, 2.75) is 186 Å². The number of rotatable bonds is 3. The molecule has 2 aliphatic rings. The van der Waals surface area contributed by atoms with Crippen LogP contribution in [0, 0.1) is 5.92 Å². The van der Waals surface area contributed by atoms with Gasteiger partial charge in [-0.3, -0.25) is 0 Å². The molecule has 0 aliphatic heterocycles. The molecule has 0 spiro atoms. The minimum atomic E-state index is 0.231. The van der Waals surface area contributed by atoms with Crippen molar-refractivity contribution in [3.8, 4) is 0 Å². The highest BCUT2D eigenvalue weighted by molar-refractivity contribution is 6.15. The molecule has 0 N–H and O–H groups in total. The second-order valence-electron chi connectivity index (χ2n) is 18.3. The number of para-hydroxylation sites is 3. The standard InChI is InChI=1S/C58H62N2.C3H8.4C2H6.2CH3Cl/c1-6-44-47(41(4)59-55-36-19-15-30-51(55)52-31-16-20-37-56(52)59)34-23-35-48(42(5)60-57-38-21-17-32-53(57)54-33-18-22-39-58(54)60)45(7-2)50-29-14-13-27-46(50)40(3)24-9-8-10-25-43-26-11-12-28-49(43)44;1-3-2;6*1-2/h6-7,11-19,21-22,26-33,36,38-40,42,48H,8-10,20,23-25,34-35,37H2,1-5H3;3H2,1-2H3;4*1-2H3;2*1H3/b44-6+,45-7+,47-41+;;;;;;;. The van der Waals surface area contributed by atoms with E-state index < -0.39 is 0 Å². The van der Waals surface area contributed by atoms with Crippen molar-refractivity contribution in [2.24, 2.45) is 5.92 Å². The molecule has 3 atom stereocenters. The summed E-state index contributed by atoms with van der Waals surface area (Å²) in [7, 11) is 0. The van der Waals surface area contributed by atoms with Gasteiger partial charge in [0.25, 0.3) is 0 Å². The summed E-state index contributed by atoms with van der Waals surface area (Å²) in [6.45, 7) is 32.2. The molecule has 0 saturated heterocycles. The van der Waals surface area contributed by atoms with E-state index in [0.29, 0.717) is 11.8 Å². The average molecular weight is 1050 g/mol. The third-order valence-electron chi connectivity index (χ3n) is 14.2. The first-order valence-electron chi connectivity index (χ1n) is 29.1. The molecule has 2 heterocycles. The zero-order chi connectivity index (χ0) is 55.9. The maximum atomic E-state index is 4.64. The van der Waals surface area contributed by atoms with E-state index in [1.165, 1.54) is 134 Å². The van der Waals surface area contributed by atoms with Crippen LogP contribution in [-0.2, 0) is 12.8 Å². The summed E-state index contributed by atoms with van der Waals surface area (Å²) in [5.41, 5.74) is 18.4. The van der Waals surface area contributed by atoms with Crippen molar-refractivity contribution in [1.29, 1.82) is 0 Å². The van der Waals surface area contributed by atoms with E-state index in [1.807, 2.05) is 55.4 Å². The summed E-state index contributed by atoms with van der Waals surface area (Å²) in [5.74, 6) is 0.791. The zero-order valence-electron chi connectivity index (χ0n) is 50.0. The Hall–Kier alpha value is -5.02. The number of alkyl halides is 2. The van der Waals surface area contributed by atoms with Crippen LogP contribution in [0.3, 0.4) is 0 Å². The van der Waals surface area contributed by atoms with Gasteiger partial charge in [-0.1, -0.05) is 223 Å². The SMILES string of the molecule is C/C=C1\C(=C(/C)n2c3c(c4ccccc42)C=CCC3)CCCC(C(C)n2c3ccccc3c3ccccc32)/C(=C\C)c2ccccc2C(C)CCCCCc2ccccc21.CC.CC.CC.CC.CCC.CCl.CCl. The number of halogens is 2. The Morgan fingerprint density at radius 2 is 1.11 bits per heavy atom. The van der Waals surface area contributed by atoms with Crippen molar-refractivity contribution < 1.29 is 0 Å². The predicted octanol–water partition coefficient (Wildman–Crippen LogP) is 23.6. The molecule has 0 saturated carbocycles. The average Bonchev–Trinajstić information content (AvgIpc) is 4.02. The number of nitrogens with zero attached hydrogens (tertiary/aromatic N) is 2. The Morgan fingerprint density at radius 1 is 0.587 bits per heavy atom. The number of aryl methyl sites for hydroxylation is 1. The second kappa shape index (κ2) is 36.9. The Bertz CT molecular complexity index is 2770. The number of hydrogen-bond donors (Lipinski definition) is 0. The van der Waals surface area contributed by atoms with Gasteiger partial charge in [0.05, 0.1) is 5.52 Å². The molecule has 0 fully saturated rings. The van der Waals surface area contributed by atoms with Gasteiger partial charge >= 0.3 is 0 Å². The third kappa shape index (κ3) is 16.0. The largest absolute Gasteiger partial charge is 0.337 e. The van der Waals surface area contributed by atoms with Crippen LogP contribution < -0.4 is 0 Å². The van der Waals surface area contributed by atoms with E-state index in [-0.39, 0.29) is 6.04 Å². The Morgan fingerprint density at radius 3 is 1.69 bits per heavy atom. The van der Waals surface area contributed by atoms with Crippen LogP contribution in [0.15, 0.2) is 145 Å². The van der Waals surface area contributed by atoms with Gasteiger partial charge in [-0.25, -0.2) is 0 Å². The smallest absolute Gasteiger partial charge is 0.0534 e. The summed E-state index contributed by atoms with van der Waals surface area (Å²) in [4.78, 5) is 0. The summed E-state index contributed by atoms with van der Waals surface area (Å²) < 4.78 is 5.32. The van der Waals surface area contributed by atoms with Gasteiger partial charge in [-0.05, 0) is 142 Å². The highest BCUT2D eigenvalue weighted by atomic mass is 35.5. The highest BCUT2D eigenvalue weighted by Crippen LogP contribution is 2.45. The lowest BCUT2D eigenvalue weighted by molar-refractivity contribution is 0.413. The lowest BCUT2D eigenvalue weighted by Crippen LogP contribution is -2.19. The Kier molecular flexibility index (Phi) is 32.5. The fraction of sp³-hybridized carbons (Fsp3) is 0.437. The van der Waals surface area contributed by atoms with E-state index >= 15 is 0 Å². The number of allylic oxidation sites excluding steroid dienone is 7. The molecule has 75 heavy (non-hydrogen) atoms. The summed E-state index contributed by atoms with van der Waals surface area (Å²) in [5, 5.41) is 4.05. The Balaban J connectivity index is 0.00000118. The minimum Gasteiger partial charge on any atom is -0.337 e. The van der Waals surface area contributed by atoms with Crippen LogP contribution in [0.2, 0.25) is 0 Å². The third-order valence-corrected chi connectivity index (χ3v) is 14.2. The zero-order valence-corrected chi connectivity index (χ0v) is 51.5. The van der Waals surface area contributed by atoms with Crippen LogP contribution in [0.5, 0.6) is 0 Å². The molecular weight excluding hydrogens is 952 g/mol. The molecule has 4 heteroatoms. The Labute approximate surface area is 469 Å². The molecule has 2 aromatic heterocycles. The van der Waals surface area contributed by atoms with Crippen LogP contribution in [0.4, 0.5) is 0 Å². The van der Waals surface area contributed by atoms with Crippen molar-refractivity contribution in [1.82, 2.24) is 9.13 Å². The molecule has 0 amide bonds. The topological polar surface area (TPSA) is 9.86 Å². The highest BCUT2D eigenvalue weighted by Gasteiger charge is 2.29. The fourth-order valence-electron chi connectivity index (χ4n) is 11.3. The monoisotopic (exact) mass is 1050 g/mol. The minimum absolute atomic E-state index is 0.231. The normalized spacial score (nSPS) is 17.4. The van der Waals surface area contributed by atoms with Crippen LogP contribution >= 0.6 is 23.2 Å². The number of fused-ring (bicyclic) bond motifs is 8. The molecule has 0 radical (unpaired) electrons. The molecule has 0 bridgehead atoms. The molecule has 2 nitrogen and oxygen atoms in total. The van der Waals surface area contributed by atoms with Crippen molar-refractivity contribution in [3.05, 3.63) is 179 Å². The van der Waals surface area contributed by atoms with Gasteiger partial charge in [-0.15, -0.1) is 23.2 Å². The molecule has 5 aromatic carbocycles. The van der Waals surface area contributed by atoms with Crippen LogP contribution in [-0.4, -0.2) is 21.9 Å². The number of benzene rings is 5. The van der Waals surface area contributed by atoms with Gasteiger partial charge in [0, 0.05) is 68.9 Å². The van der Waals surface area contributed by atoms with Crippen molar-refractivity contribution in [2.75, 3.05) is 12.8 Å². The first-order chi connectivity index (χ1) is 36.9. The predicted molar refractivity (Wildman–Crippen MR) is 345 cm³/mol. The second-order valence-corrected chi connectivity index (χ2v) is 18.3. The van der Waals surface area contributed by atoms with Crippen molar-refractivity contribution in [3.63, 3.8) is 0 Å². The van der Waals surface area contributed by atoms with Crippen LogP contribution in [0.25, 0.3) is 55.6 Å². The number of aromatic nitrogens is 2. The van der Waals surface area contributed by atoms with E-state index in [4.69, 9.17) is 0 Å². The maximum Gasteiger partial charge on any atom is 0.0534 e. The van der Waals surface area contributed by atoms with Crippen molar-refractivity contribution >= 4 is 78.8 Å². The first kappa shape index (κ1) is 66.1. The van der Waals surface area contributed by atoms with E-state index in [1.54, 1.807) is 0 Å². The van der Waals surface area contributed by atoms with Crippen LogP contribution in [0.1, 0.15) is 207 Å². The molecule has 3 unspecified atom stereocenters. The summed E-state index contributed by atoms with van der Waals surface area (Å²) in [6.07, 6.45) is 25.1. The van der Waals surface area contributed by atoms with E-state index in [9.17, 15) is 0 Å². The first-order valence-corrected chi connectivity index (χ1v) is 30.6. The van der Waals surface area contributed by atoms with Gasteiger partial charge in [0.1, 0.15) is 0 Å². The lowest BCUT2D eigenvalue weighted by atomic mass is 9.78. The van der Waals surface area contributed by atoms with Gasteiger partial charge in [0.15, 0.2) is 0 Å². The number of hydrogen-bond acceptors (Lipinski definition) is 0. The summed E-state index contributed by atoms with van der Waals surface area (Å²) >= 11 is 9.28.